The van der Waals surface area contributed by atoms with Crippen molar-refractivity contribution in [1.29, 1.82) is 0 Å². The van der Waals surface area contributed by atoms with E-state index in [2.05, 4.69) is 27.1 Å². The Morgan fingerprint density at radius 1 is 1.35 bits per heavy atom. The molecule has 1 unspecified atom stereocenters. The summed E-state index contributed by atoms with van der Waals surface area (Å²) in [5, 5.41) is 4.60. The first-order valence-electron chi connectivity index (χ1n) is 7.50. The van der Waals surface area contributed by atoms with Gasteiger partial charge in [-0.3, -0.25) is 0 Å². The zero-order chi connectivity index (χ0) is 16.2. The van der Waals surface area contributed by atoms with E-state index in [0.29, 0.717) is 22.1 Å². The number of hydrogen-bond donors (Lipinski definition) is 1. The van der Waals surface area contributed by atoms with E-state index in [0.717, 1.165) is 31.0 Å². The second-order valence-corrected chi connectivity index (χ2v) is 6.31. The van der Waals surface area contributed by atoms with Gasteiger partial charge >= 0.3 is 6.01 Å². The first-order valence-corrected chi connectivity index (χ1v) is 8.26. The summed E-state index contributed by atoms with van der Waals surface area (Å²) in [7, 11) is 0. The second kappa shape index (κ2) is 7.34. The highest BCUT2D eigenvalue weighted by molar-refractivity contribution is 6.33. The van der Waals surface area contributed by atoms with Crippen LogP contribution in [0, 0.1) is 0 Å². The molecule has 5 nitrogen and oxygen atoms in total. The molecule has 1 N–H and O–H groups in total. The van der Waals surface area contributed by atoms with Gasteiger partial charge in [0.15, 0.2) is 0 Å². The van der Waals surface area contributed by atoms with Gasteiger partial charge < -0.3 is 15.0 Å². The van der Waals surface area contributed by atoms with E-state index in [1.165, 1.54) is 0 Å². The summed E-state index contributed by atoms with van der Waals surface area (Å²) in [6.45, 7) is 5.25. The third-order valence-electron chi connectivity index (χ3n) is 3.78. The zero-order valence-electron chi connectivity index (χ0n) is 12.8. The van der Waals surface area contributed by atoms with Crippen LogP contribution in [-0.4, -0.2) is 35.6 Å². The molecule has 2 aromatic rings. The average Bonchev–Trinajstić information content (AvgIpc) is 2.56. The number of rotatable bonds is 4. The van der Waals surface area contributed by atoms with Crippen molar-refractivity contribution in [2.75, 3.05) is 24.5 Å². The van der Waals surface area contributed by atoms with Gasteiger partial charge in [0.25, 0.3) is 0 Å². The lowest BCUT2D eigenvalue weighted by atomic mass is 10.2. The van der Waals surface area contributed by atoms with E-state index in [-0.39, 0.29) is 6.61 Å². The molecule has 122 valence electrons. The molecule has 1 aromatic heterocycles. The summed E-state index contributed by atoms with van der Waals surface area (Å²) in [6, 6.07) is 7.91. The Morgan fingerprint density at radius 3 is 3.04 bits per heavy atom. The fourth-order valence-electron chi connectivity index (χ4n) is 2.54. The predicted octanol–water partition coefficient (Wildman–Crippen LogP) is 3.16. The molecule has 1 aromatic carbocycles. The minimum atomic E-state index is 0.278. The predicted molar refractivity (Wildman–Crippen MR) is 92.5 cm³/mol. The first-order chi connectivity index (χ1) is 11.1. The molecular weight excluding hydrogens is 335 g/mol. The Hall–Kier alpha value is -1.56. The molecule has 0 saturated carbocycles. The van der Waals surface area contributed by atoms with Crippen LogP contribution >= 0.6 is 23.2 Å². The van der Waals surface area contributed by atoms with Crippen molar-refractivity contribution < 1.29 is 4.74 Å². The van der Waals surface area contributed by atoms with Crippen LogP contribution in [0.4, 0.5) is 5.82 Å². The number of ether oxygens (including phenoxy) is 1. The van der Waals surface area contributed by atoms with E-state index >= 15 is 0 Å². The number of halogens is 2. The quantitative estimate of drug-likeness (QED) is 0.915. The number of benzene rings is 1. The standard InChI is InChI=1S/C16H18Cl2N4O/c1-11-9-19-6-7-22(11)15-4-5-20-16(21-15)23-10-12-8-13(17)2-3-14(12)18/h2-5,8,11,19H,6-7,9-10H2,1H3. The Kier molecular flexibility index (Phi) is 5.20. The maximum Gasteiger partial charge on any atom is 0.318 e. The Morgan fingerprint density at radius 2 is 2.22 bits per heavy atom. The minimum Gasteiger partial charge on any atom is -0.458 e. The van der Waals surface area contributed by atoms with Gasteiger partial charge in [-0.25, -0.2) is 4.98 Å². The Labute approximate surface area is 145 Å². The summed E-state index contributed by atoms with van der Waals surface area (Å²) in [4.78, 5) is 10.9. The summed E-state index contributed by atoms with van der Waals surface area (Å²) in [5.41, 5.74) is 0.809. The summed E-state index contributed by atoms with van der Waals surface area (Å²) >= 11 is 12.1. The highest BCUT2D eigenvalue weighted by Crippen LogP contribution is 2.22. The van der Waals surface area contributed by atoms with Crippen molar-refractivity contribution in [3.8, 4) is 6.01 Å². The molecule has 0 aliphatic carbocycles. The molecule has 0 radical (unpaired) electrons. The lowest BCUT2D eigenvalue weighted by molar-refractivity contribution is 0.280. The van der Waals surface area contributed by atoms with Crippen LogP contribution < -0.4 is 15.0 Å². The van der Waals surface area contributed by atoms with Crippen LogP contribution in [-0.2, 0) is 6.61 Å². The molecule has 0 bridgehead atoms. The second-order valence-electron chi connectivity index (χ2n) is 5.47. The number of piperazine rings is 1. The summed E-state index contributed by atoms with van der Waals surface area (Å²) in [6.07, 6.45) is 1.71. The maximum absolute atomic E-state index is 6.14. The number of aromatic nitrogens is 2. The highest BCUT2D eigenvalue weighted by atomic mass is 35.5. The smallest absolute Gasteiger partial charge is 0.318 e. The van der Waals surface area contributed by atoms with Crippen LogP contribution in [0.25, 0.3) is 0 Å². The number of nitrogens with one attached hydrogen (secondary N) is 1. The molecule has 0 amide bonds. The van der Waals surface area contributed by atoms with Gasteiger partial charge in [-0.05, 0) is 31.2 Å². The van der Waals surface area contributed by atoms with Gasteiger partial charge in [-0.15, -0.1) is 0 Å². The van der Waals surface area contributed by atoms with Crippen molar-refractivity contribution >= 4 is 29.0 Å². The lowest BCUT2D eigenvalue weighted by Crippen LogP contribution is -2.50. The number of anilines is 1. The van der Waals surface area contributed by atoms with E-state index < -0.39 is 0 Å². The molecule has 2 heterocycles. The van der Waals surface area contributed by atoms with Gasteiger partial charge in [0.1, 0.15) is 12.4 Å². The van der Waals surface area contributed by atoms with E-state index in [9.17, 15) is 0 Å². The van der Waals surface area contributed by atoms with Gasteiger partial charge in [-0.1, -0.05) is 23.2 Å². The SMILES string of the molecule is CC1CNCCN1c1ccnc(OCc2cc(Cl)ccc2Cl)n1. The van der Waals surface area contributed by atoms with Crippen molar-refractivity contribution in [2.45, 2.75) is 19.6 Å². The highest BCUT2D eigenvalue weighted by Gasteiger charge is 2.19. The number of nitrogens with zero attached hydrogens (tertiary/aromatic N) is 3. The van der Waals surface area contributed by atoms with Crippen molar-refractivity contribution in [3.05, 3.63) is 46.1 Å². The molecular formula is C16H18Cl2N4O. The zero-order valence-corrected chi connectivity index (χ0v) is 14.3. The van der Waals surface area contributed by atoms with Crippen LogP contribution in [0.15, 0.2) is 30.5 Å². The number of hydrogen-bond acceptors (Lipinski definition) is 5. The van der Waals surface area contributed by atoms with E-state index in [1.807, 2.05) is 6.07 Å². The van der Waals surface area contributed by atoms with Crippen molar-refractivity contribution in [1.82, 2.24) is 15.3 Å². The van der Waals surface area contributed by atoms with Crippen LogP contribution in [0.3, 0.4) is 0 Å². The molecule has 0 spiro atoms. The average molecular weight is 353 g/mol. The molecule has 23 heavy (non-hydrogen) atoms. The summed E-state index contributed by atoms with van der Waals surface area (Å²) < 4.78 is 5.69. The third kappa shape index (κ3) is 4.05. The normalized spacial score (nSPS) is 18.0. The lowest BCUT2D eigenvalue weighted by Gasteiger charge is -2.34. The van der Waals surface area contributed by atoms with Gasteiger partial charge in [0, 0.05) is 47.5 Å². The Balaban J connectivity index is 1.71. The van der Waals surface area contributed by atoms with Gasteiger partial charge in [0.05, 0.1) is 0 Å². The minimum absolute atomic E-state index is 0.278. The first kappa shape index (κ1) is 16.3. The van der Waals surface area contributed by atoms with Crippen LogP contribution in [0.2, 0.25) is 10.0 Å². The van der Waals surface area contributed by atoms with Gasteiger partial charge in [0.2, 0.25) is 0 Å². The molecule has 3 rings (SSSR count). The molecule has 1 fully saturated rings. The van der Waals surface area contributed by atoms with Crippen molar-refractivity contribution in [2.24, 2.45) is 0 Å². The van der Waals surface area contributed by atoms with Crippen LogP contribution in [0.5, 0.6) is 6.01 Å². The molecule has 1 aliphatic rings. The Bertz CT molecular complexity index is 683. The van der Waals surface area contributed by atoms with Gasteiger partial charge in [-0.2, -0.15) is 4.98 Å². The molecule has 1 atom stereocenters. The van der Waals surface area contributed by atoms with E-state index in [1.54, 1.807) is 24.4 Å². The van der Waals surface area contributed by atoms with E-state index in [4.69, 9.17) is 27.9 Å². The topological polar surface area (TPSA) is 50.3 Å². The molecule has 1 saturated heterocycles. The maximum atomic E-state index is 6.14. The largest absolute Gasteiger partial charge is 0.458 e. The summed E-state index contributed by atoms with van der Waals surface area (Å²) in [5.74, 6) is 0.876. The molecule has 7 heteroatoms. The third-order valence-corrected chi connectivity index (χ3v) is 4.38. The van der Waals surface area contributed by atoms with Crippen LogP contribution in [0.1, 0.15) is 12.5 Å². The fourth-order valence-corrected chi connectivity index (χ4v) is 2.91. The molecule has 1 aliphatic heterocycles. The van der Waals surface area contributed by atoms with Crippen molar-refractivity contribution in [3.63, 3.8) is 0 Å². The fraction of sp³-hybridized carbons (Fsp3) is 0.375. The monoisotopic (exact) mass is 352 g/mol.